The molecule has 0 aliphatic rings. The van der Waals surface area contributed by atoms with Gasteiger partial charge in [-0.3, -0.25) is 4.79 Å². The van der Waals surface area contributed by atoms with Gasteiger partial charge in [0.2, 0.25) is 0 Å². The molecule has 0 aliphatic heterocycles. The molecule has 0 bridgehead atoms. The van der Waals surface area contributed by atoms with Gasteiger partial charge in [0.25, 0.3) is 0 Å². The molecule has 3 heteroatoms. The van der Waals surface area contributed by atoms with E-state index in [1.54, 1.807) is 17.8 Å². The molecule has 2 aromatic rings. The molecule has 0 heterocycles. The average molecular weight is 299 g/mol. The van der Waals surface area contributed by atoms with E-state index in [2.05, 4.69) is 45.0 Å². The summed E-state index contributed by atoms with van der Waals surface area (Å²) in [6.45, 7) is 8.15. The molecule has 2 aromatic carbocycles. The molecular weight excluding hydrogens is 278 g/mol. The van der Waals surface area contributed by atoms with Crippen molar-refractivity contribution >= 4 is 23.2 Å². The Morgan fingerprint density at radius 2 is 1.57 bits per heavy atom. The summed E-state index contributed by atoms with van der Waals surface area (Å²) in [7, 11) is 0. The van der Waals surface area contributed by atoms with Gasteiger partial charge in [-0.25, -0.2) is 0 Å². The highest BCUT2D eigenvalue weighted by Crippen LogP contribution is 2.32. The van der Waals surface area contributed by atoms with E-state index in [4.69, 9.17) is 5.73 Å². The van der Waals surface area contributed by atoms with Crippen LogP contribution in [-0.4, -0.2) is 5.78 Å². The zero-order chi connectivity index (χ0) is 15.6. The van der Waals surface area contributed by atoms with Crippen LogP contribution in [0.5, 0.6) is 0 Å². The third-order valence-electron chi connectivity index (χ3n) is 3.36. The molecule has 21 heavy (non-hydrogen) atoms. The van der Waals surface area contributed by atoms with Crippen LogP contribution in [0.1, 0.15) is 43.6 Å². The minimum atomic E-state index is -0.00131. The van der Waals surface area contributed by atoms with Gasteiger partial charge >= 0.3 is 0 Å². The molecule has 0 saturated heterocycles. The van der Waals surface area contributed by atoms with Crippen LogP contribution in [0, 0.1) is 0 Å². The number of Topliss-reactive ketones (excluding diaryl/α,β-unsaturated/α-hetero) is 1. The highest BCUT2D eigenvalue weighted by atomic mass is 32.2. The third kappa shape index (κ3) is 3.88. The lowest BCUT2D eigenvalue weighted by atomic mass is 9.87. The van der Waals surface area contributed by atoms with Crippen molar-refractivity contribution in [1.82, 2.24) is 0 Å². The molecule has 0 aromatic heterocycles. The zero-order valence-corrected chi connectivity index (χ0v) is 13.8. The topological polar surface area (TPSA) is 43.1 Å². The van der Waals surface area contributed by atoms with Gasteiger partial charge in [-0.1, -0.05) is 44.7 Å². The molecule has 0 amide bonds. The van der Waals surface area contributed by atoms with Crippen molar-refractivity contribution in [2.45, 2.75) is 42.9 Å². The van der Waals surface area contributed by atoms with Gasteiger partial charge in [0.1, 0.15) is 0 Å². The van der Waals surface area contributed by atoms with Crippen LogP contribution in [0.25, 0.3) is 0 Å². The second kappa shape index (κ2) is 5.94. The number of carbonyl (C=O) groups is 1. The van der Waals surface area contributed by atoms with Crippen LogP contribution in [0.2, 0.25) is 0 Å². The SMILES string of the molecule is CC(=O)c1ccc(Sc2ccc(C(C)(C)C)cc2)cc1N. The third-order valence-corrected chi connectivity index (χ3v) is 4.36. The Kier molecular flexibility index (Phi) is 4.43. The average Bonchev–Trinajstić information content (AvgIpc) is 2.38. The lowest BCUT2D eigenvalue weighted by Crippen LogP contribution is -2.10. The molecule has 0 fully saturated rings. The van der Waals surface area contributed by atoms with Crippen molar-refractivity contribution in [1.29, 1.82) is 0 Å². The predicted octanol–water partition coefficient (Wildman–Crippen LogP) is 4.92. The number of benzene rings is 2. The van der Waals surface area contributed by atoms with E-state index in [1.807, 2.05) is 12.1 Å². The van der Waals surface area contributed by atoms with Crippen LogP contribution in [-0.2, 0) is 5.41 Å². The number of rotatable bonds is 3. The monoisotopic (exact) mass is 299 g/mol. The van der Waals surface area contributed by atoms with Crippen molar-refractivity contribution in [3.8, 4) is 0 Å². The van der Waals surface area contributed by atoms with Crippen LogP contribution in [0.3, 0.4) is 0 Å². The number of anilines is 1. The molecule has 2 nitrogen and oxygen atoms in total. The summed E-state index contributed by atoms with van der Waals surface area (Å²) in [5, 5.41) is 0. The Balaban J connectivity index is 2.19. The fourth-order valence-corrected chi connectivity index (χ4v) is 2.95. The summed E-state index contributed by atoms with van der Waals surface area (Å²) >= 11 is 1.65. The molecule has 110 valence electrons. The van der Waals surface area contributed by atoms with Gasteiger partial charge < -0.3 is 5.73 Å². The minimum absolute atomic E-state index is 0.00131. The number of nitrogen functional groups attached to an aromatic ring is 1. The van der Waals surface area contributed by atoms with E-state index in [9.17, 15) is 4.79 Å². The van der Waals surface area contributed by atoms with Crippen LogP contribution in [0.4, 0.5) is 5.69 Å². The van der Waals surface area contributed by atoms with Crippen molar-refractivity contribution in [3.05, 3.63) is 53.6 Å². The molecule has 0 saturated carbocycles. The van der Waals surface area contributed by atoms with E-state index >= 15 is 0 Å². The zero-order valence-electron chi connectivity index (χ0n) is 12.9. The highest BCUT2D eigenvalue weighted by molar-refractivity contribution is 7.99. The van der Waals surface area contributed by atoms with E-state index in [0.29, 0.717) is 11.3 Å². The van der Waals surface area contributed by atoms with E-state index in [0.717, 1.165) is 9.79 Å². The summed E-state index contributed by atoms with van der Waals surface area (Å²) in [4.78, 5) is 13.6. The molecule has 0 unspecified atom stereocenters. The summed E-state index contributed by atoms with van der Waals surface area (Å²) in [6.07, 6.45) is 0. The normalized spacial score (nSPS) is 11.4. The Hall–Kier alpha value is -1.74. The van der Waals surface area contributed by atoms with Crippen molar-refractivity contribution in [3.63, 3.8) is 0 Å². The number of nitrogens with two attached hydrogens (primary N) is 1. The molecule has 0 radical (unpaired) electrons. The van der Waals surface area contributed by atoms with Gasteiger partial charge in [-0.05, 0) is 48.2 Å². The summed E-state index contributed by atoms with van der Waals surface area (Å²) < 4.78 is 0. The first kappa shape index (κ1) is 15.6. The number of hydrogen-bond donors (Lipinski definition) is 1. The van der Waals surface area contributed by atoms with Gasteiger partial charge in [0.15, 0.2) is 5.78 Å². The van der Waals surface area contributed by atoms with Crippen molar-refractivity contribution in [2.75, 3.05) is 5.73 Å². The Bertz CT molecular complexity index is 654. The summed E-state index contributed by atoms with van der Waals surface area (Å²) in [6, 6.07) is 14.2. The van der Waals surface area contributed by atoms with Gasteiger partial charge in [0.05, 0.1) is 0 Å². The van der Waals surface area contributed by atoms with Gasteiger partial charge in [0, 0.05) is 21.0 Å². The quantitative estimate of drug-likeness (QED) is 0.646. The second-order valence-electron chi connectivity index (χ2n) is 6.18. The Morgan fingerprint density at radius 3 is 2.05 bits per heavy atom. The highest BCUT2D eigenvalue weighted by Gasteiger charge is 2.13. The smallest absolute Gasteiger partial charge is 0.161 e. The number of ketones is 1. The fourth-order valence-electron chi connectivity index (χ4n) is 2.08. The van der Waals surface area contributed by atoms with Gasteiger partial charge in [-0.15, -0.1) is 0 Å². The maximum Gasteiger partial charge on any atom is 0.161 e. The Labute approximate surface area is 130 Å². The van der Waals surface area contributed by atoms with Crippen LogP contribution in [0.15, 0.2) is 52.3 Å². The number of carbonyl (C=O) groups excluding carboxylic acids is 1. The van der Waals surface area contributed by atoms with E-state index in [-0.39, 0.29) is 11.2 Å². The molecule has 0 spiro atoms. The molecule has 2 rings (SSSR count). The molecule has 0 atom stereocenters. The summed E-state index contributed by atoms with van der Waals surface area (Å²) in [5.74, 6) is -0.00131. The lowest BCUT2D eigenvalue weighted by molar-refractivity contribution is 0.101. The van der Waals surface area contributed by atoms with Crippen LogP contribution < -0.4 is 5.73 Å². The van der Waals surface area contributed by atoms with Crippen LogP contribution >= 0.6 is 11.8 Å². The predicted molar refractivity (Wildman–Crippen MR) is 90.1 cm³/mol. The van der Waals surface area contributed by atoms with E-state index < -0.39 is 0 Å². The maximum atomic E-state index is 11.4. The van der Waals surface area contributed by atoms with Crippen molar-refractivity contribution in [2.24, 2.45) is 0 Å². The molecular formula is C18H21NOS. The first-order chi connectivity index (χ1) is 9.77. The largest absolute Gasteiger partial charge is 0.398 e. The summed E-state index contributed by atoms with van der Waals surface area (Å²) in [5.41, 5.74) is 8.53. The fraction of sp³-hybridized carbons (Fsp3) is 0.278. The minimum Gasteiger partial charge on any atom is -0.398 e. The maximum absolute atomic E-state index is 11.4. The van der Waals surface area contributed by atoms with Gasteiger partial charge in [-0.2, -0.15) is 0 Å². The van der Waals surface area contributed by atoms with Crippen molar-refractivity contribution < 1.29 is 4.79 Å². The lowest BCUT2D eigenvalue weighted by Gasteiger charge is -2.19. The molecule has 2 N–H and O–H groups in total. The number of hydrogen-bond acceptors (Lipinski definition) is 3. The second-order valence-corrected chi connectivity index (χ2v) is 7.33. The Morgan fingerprint density at radius 1 is 1.00 bits per heavy atom. The molecule has 0 aliphatic carbocycles. The van der Waals surface area contributed by atoms with E-state index in [1.165, 1.54) is 12.5 Å². The first-order valence-electron chi connectivity index (χ1n) is 6.96. The first-order valence-corrected chi connectivity index (χ1v) is 7.78. The standard InChI is InChI=1S/C18H21NOS/c1-12(20)16-10-9-15(11-17(16)19)21-14-7-5-13(6-8-14)18(2,3)4/h5-11H,19H2,1-4H3.